The highest BCUT2D eigenvalue weighted by atomic mass is 19.2. The van der Waals surface area contributed by atoms with Crippen molar-refractivity contribution in [2.24, 2.45) is 10.9 Å². The summed E-state index contributed by atoms with van der Waals surface area (Å²) < 4.78 is 40.9. The zero-order valence-corrected chi connectivity index (χ0v) is 18.8. The van der Waals surface area contributed by atoms with Crippen LogP contribution in [0.4, 0.5) is 35.2 Å². The molecule has 5 rings (SSSR count). The van der Waals surface area contributed by atoms with E-state index >= 15 is 0 Å². The minimum Gasteiger partial charge on any atom is -0.338 e. The molecule has 2 heterocycles. The van der Waals surface area contributed by atoms with E-state index in [1.807, 2.05) is 0 Å². The summed E-state index contributed by atoms with van der Waals surface area (Å²) in [6.45, 7) is 1.52. The van der Waals surface area contributed by atoms with Gasteiger partial charge in [0, 0.05) is 22.5 Å². The molecule has 0 radical (unpaired) electrons. The number of rotatable bonds is 5. The van der Waals surface area contributed by atoms with Gasteiger partial charge in [-0.15, -0.1) is 0 Å². The van der Waals surface area contributed by atoms with Crippen LogP contribution in [0.1, 0.15) is 18.5 Å². The molecule has 0 saturated heterocycles. The average molecular weight is 492 g/mol. The van der Waals surface area contributed by atoms with Crippen LogP contribution in [0, 0.1) is 23.4 Å². The van der Waals surface area contributed by atoms with Crippen molar-refractivity contribution in [1.82, 2.24) is 15.5 Å². The molecule has 1 aliphatic rings. The number of aliphatic imine (C=N–C) groups is 1. The van der Waals surface area contributed by atoms with Gasteiger partial charge in [0.05, 0.1) is 11.6 Å². The first kappa shape index (κ1) is 23.1. The average Bonchev–Trinajstić information content (AvgIpc) is 3.22. The lowest BCUT2D eigenvalue weighted by atomic mass is 9.87. The Balaban J connectivity index is 1.43. The van der Waals surface area contributed by atoms with Crippen molar-refractivity contribution >= 4 is 45.7 Å². The Morgan fingerprint density at radius 2 is 1.81 bits per heavy atom. The summed E-state index contributed by atoms with van der Waals surface area (Å²) in [7, 11) is 0. The van der Waals surface area contributed by atoms with Crippen molar-refractivity contribution in [3.05, 3.63) is 83.7 Å². The van der Waals surface area contributed by atoms with Crippen LogP contribution in [-0.2, 0) is 4.79 Å². The smallest absolute Gasteiger partial charge is 0.338 e. The third-order valence-corrected chi connectivity index (χ3v) is 5.84. The molecule has 1 aliphatic heterocycles. The molecule has 0 aliphatic carbocycles. The van der Waals surface area contributed by atoms with E-state index < -0.39 is 41.3 Å². The number of nitrogens with zero attached hydrogens (tertiary/aromatic N) is 2. The first-order chi connectivity index (χ1) is 17.3. The number of nitrogens with one attached hydrogen (secondary N) is 4. The van der Waals surface area contributed by atoms with E-state index in [2.05, 4.69) is 31.1 Å². The topological polar surface area (TPSA) is 111 Å². The Labute approximate surface area is 202 Å². The van der Waals surface area contributed by atoms with Gasteiger partial charge in [0.25, 0.3) is 0 Å². The zero-order chi connectivity index (χ0) is 25.4. The second-order valence-corrected chi connectivity index (χ2v) is 8.29. The molecule has 2 atom stereocenters. The maximum Gasteiger partial charge on any atom is 0.341 e. The van der Waals surface area contributed by atoms with Crippen molar-refractivity contribution in [3.63, 3.8) is 0 Å². The van der Waals surface area contributed by atoms with Gasteiger partial charge in [0.15, 0.2) is 17.5 Å². The first-order valence-corrected chi connectivity index (χ1v) is 10.9. The minimum absolute atomic E-state index is 0.225. The fourth-order valence-corrected chi connectivity index (χ4v) is 4.15. The fraction of sp³-hybridized carbons (Fsp3) is 0.120. The number of hydrogen-bond donors (Lipinski definition) is 4. The molecule has 3 aromatic carbocycles. The normalized spacial score (nSPS) is 17.4. The van der Waals surface area contributed by atoms with Gasteiger partial charge < -0.3 is 16.0 Å². The molecular weight excluding hydrogens is 473 g/mol. The van der Waals surface area contributed by atoms with Crippen LogP contribution >= 0.6 is 0 Å². The Kier molecular flexibility index (Phi) is 5.88. The predicted molar refractivity (Wildman–Crippen MR) is 129 cm³/mol. The molecule has 0 saturated carbocycles. The van der Waals surface area contributed by atoms with E-state index in [1.165, 1.54) is 25.1 Å². The van der Waals surface area contributed by atoms with Crippen LogP contribution in [0.15, 0.2) is 65.7 Å². The van der Waals surface area contributed by atoms with Gasteiger partial charge in [-0.25, -0.2) is 23.0 Å². The molecule has 2 unspecified atom stereocenters. The minimum atomic E-state index is -1.09. The highest BCUT2D eigenvalue weighted by Gasteiger charge is 2.37. The van der Waals surface area contributed by atoms with Gasteiger partial charge in [-0.3, -0.25) is 9.89 Å². The zero-order valence-electron chi connectivity index (χ0n) is 18.8. The molecule has 0 fully saturated rings. The number of carbonyl (C=O) groups is 2. The third-order valence-electron chi connectivity index (χ3n) is 5.84. The Morgan fingerprint density at radius 3 is 2.58 bits per heavy atom. The number of carbonyl (C=O) groups excluding carboxylic acids is 2. The van der Waals surface area contributed by atoms with Crippen molar-refractivity contribution in [2.45, 2.75) is 13.0 Å². The summed E-state index contributed by atoms with van der Waals surface area (Å²) in [6, 6.07) is 12.5. The largest absolute Gasteiger partial charge is 0.341 e. The second kappa shape index (κ2) is 9.17. The van der Waals surface area contributed by atoms with Crippen LogP contribution in [-0.4, -0.2) is 27.8 Å². The molecule has 0 spiro atoms. The molecule has 182 valence electrons. The van der Waals surface area contributed by atoms with Gasteiger partial charge in [0.1, 0.15) is 11.7 Å². The molecule has 0 bridgehead atoms. The summed E-state index contributed by atoms with van der Waals surface area (Å²) in [5.41, 5.74) is 2.04. The SMILES string of the molecule is CC1=NC(=O)NC(c2ccc(F)c(F)c2)C1C(=O)Nc1ccc2[nH]nc(Nc3cccc(F)c3)c2c1. The van der Waals surface area contributed by atoms with E-state index in [0.29, 0.717) is 28.1 Å². The van der Waals surface area contributed by atoms with Crippen LogP contribution in [0.3, 0.4) is 0 Å². The van der Waals surface area contributed by atoms with Gasteiger partial charge in [-0.05, 0) is 61.0 Å². The number of benzene rings is 3. The summed E-state index contributed by atoms with van der Waals surface area (Å²) in [5, 5.41) is 16.1. The van der Waals surface area contributed by atoms with E-state index in [4.69, 9.17) is 0 Å². The maximum absolute atomic E-state index is 13.9. The number of aromatic nitrogens is 2. The quantitative estimate of drug-likeness (QED) is 0.307. The van der Waals surface area contributed by atoms with Crippen molar-refractivity contribution in [3.8, 4) is 0 Å². The molecule has 1 aromatic heterocycles. The summed E-state index contributed by atoms with van der Waals surface area (Å²) in [4.78, 5) is 29.2. The summed E-state index contributed by atoms with van der Waals surface area (Å²) in [5.74, 6) is -3.59. The lowest BCUT2D eigenvalue weighted by molar-refractivity contribution is -0.118. The molecule has 3 amide bonds. The van der Waals surface area contributed by atoms with Gasteiger partial charge in [0.2, 0.25) is 5.91 Å². The number of aromatic amines is 1. The van der Waals surface area contributed by atoms with Gasteiger partial charge in [-0.1, -0.05) is 12.1 Å². The number of hydrogen-bond acceptors (Lipinski definition) is 4. The fourth-order valence-electron chi connectivity index (χ4n) is 4.15. The van der Waals surface area contributed by atoms with E-state index in [1.54, 1.807) is 30.3 Å². The Bertz CT molecular complexity index is 1530. The van der Waals surface area contributed by atoms with Crippen LogP contribution < -0.4 is 16.0 Å². The van der Waals surface area contributed by atoms with Crippen molar-refractivity contribution in [2.75, 3.05) is 10.6 Å². The summed E-state index contributed by atoms with van der Waals surface area (Å²) >= 11 is 0. The van der Waals surface area contributed by atoms with E-state index in [9.17, 15) is 22.8 Å². The number of fused-ring (bicyclic) bond motifs is 1. The van der Waals surface area contributed by atoms with Crippen molar-refractivity contribution < 1.29 is 22.8 Å². The third kappa shape index (κ3) is 4.50. The molecule has 36 heavy (non-hydrogen) atoms. The number of urea groups is 1. The number of H-pyrrole nitrogens is 1. The monoisotopic (exact) mass is 492 g/mol. The van der Waals surface area contributed by atoms with Crippen LogP contribution in [0.25, 0.3) is 10.9 Å². The maximum atomic E-state index is 13.9. The van der Waals surface area contributed by atoms with Gasteiger partial charge >= 0.3 is 6.03 Å². The number of amides is 3. The Hall–Kier alpha value is -4.67. The van der Waals surface area contributed by atoms with E-state index in [0.717, 1.165) is 12.1 Å². The highest BCUT2D eigenvalue weighted by molar-refractivity contribution is 6.13. The standard InChI is InChI=1S/C25H19F3N6O2/c1-12-21(22(32-25(36)29-12)13-5-7-18(27)19(28)9-13)24(35)31-16-6-8-20-17(11-16)23(34-33-20)30-15-4-2-3-14(26)10-15/h2-11,21-22H,1H3,(H,31,35)(H,32,36)(H2,30,33,34). The van der Waals surface area contributed by atoms with E-state index in [-0.39, 0.29) is 11.3 Å². The number of anilines is 3. The molecule has 11 heteroatoms. The summed E-state index contributed by atoms with van der Waals surface area (Å²) in [6.07, 6.45) is 0. The molecule has 4 N–H and O–H groups in total. The van der Waals surface area contributed by atoms with Crippen LogP contribution in [0.2, 0.25) is 0 Å². The molecule has 8 nitrogen and oxygen atoms in total. The number of halogens is 3. The highest BCUT2D eigenvalue weighted by Crippen LogP contribution is 2.31. The first-order valence-electron chi connectivity index (χ1n) is 10.9. The lowest BCUT2D eigenvalue weighted by Gasteiger charge is -2.30. The Morgan fingerprint density at radius 1 is 0.972 bits per heavy atom. The molecule has 4 aromatic rings. The predicted octanol–water partition coefficient (Wildman–Crippen LogP) is 5.20. The lowest BCUT2D eigenvalue weighted by Crippen LogP contribution is -2.45. The van der Waals surface area contributed by atoms with Crippen molar-refractivity contribution in [1.29, 1.82) is 0 Å². The van der Waals surface area contributed by atoms with Gasteiger partial charge in [-0.2, -0.15) is 5.10 Å². The second-order valence-electron chi connectivity index (χ2n) is 8.29. The molecular formula is C25H19F3N6O2. The van der Waals surface area contributed by atoms with Crippen LogP contribution in [0.5, 0.6) is 0 Å².